The van der Waals surface area contributed by atoms with Crippen LogP contribution in [0.5, 0.6) is 5.75 Å². The number of rotatable bonds is 7. The number of nitrogens with zero attached hydrogens (tertiary/aromatic N) is 1. The highest BCUT2D eigenvalue weighted by molar-refractivity contribution is 8.18. The van der Waals surface area contributed by atoms with Crippen molar-refractivity contribution in [3.63, 3.8) is 0 Å². The van der Waals surface area contributed by atoms with Crippen LogP contribution >= 0.6 is 11.8 Å². The molecule has 0 unspecified atom stereocenters. The summed E-state index contributed by atoms with van der Waals surface area (Å²) in [5.41, 5.74) is 1.28. The number of carbonyl (C=O) groups excluding carboxylic acids is 4. The summed E-state index contributed by atoms with van der Waals surface area (Å²) in [6.45, 7) is -0.619. The van der Waals surface area contributed by atoms with Crippen molar-refractivity contribution in [3.8, 4) is 5.75 Å². The molecular weight excluding hydrogens is 408 g/mol. The molecule has 0 saturated carbocycles. The first-order valence-corrected chi connectivity index (χ1v) is 9.68. The number of amides is 3. The lowest BCUT2D eigenvalue weighted by atomic mass is 10.2. The second kappa shape index (κ2) is 9.75. The first kappa shape index (κ1) is 21.1. The molecular formula is C21H18N2O6S. The maximum absolute atomic E-state index is 12.4. The molecule has 0 bridgehead atoms. The van der Waals surface area contributed by atoms with Crippen LogP contribution in [0.25, 0.3) is 6.08 Å². The van der Waals surface area contributed by atoms with Crippen molar-refractivity contribution < 1.29 is 28.7 Å². The van der Waals surface area contributed by atoms with E-state index in [-0.39, 0.29) is 17.4 Å². The molecule has 2 aromatic carbocycles. The van der Waals surface area contributed by atoms with Gasteiger partial charge in [0.1, 0.15) is 12.3 Å². The van der Waals surface area contributed by atoms with Gasteiger partial charge in [-0.25, -0.2) is 0 Å². The second-order valence-electron chi connectivity index (χ2n) is 6.12. The fourth-order valence-corrected chi connectivity index (χ4v) is 3.38. The first-order chi connectivity index (χ1) is 14.5. The third kappa shape index (κ3) is 5.48. The molecule has 0 aromatic heterocycles. The minimum absolute atomic E-state index is 0.183. The molecule has 154 valence electrons. The highest BCUT2D eigenvalue weighted by atomic mass is 32.2. The van der Waals surface area contributed by atoms with Gasteiger partial charge >= 0.3 is 5.97 Å². The Bertz CT molecular complexity index is 1010. The van der Waals surface area contributed by atoms with Gasteiger partial charge in [0.2, 0.25) is 0 Å². The summed E-state index contributed by atoms with van der Waals surface area (Å²) in [6.07, 6.45) is 1.53. The summed E-state index contributed by atoms with van der Waals surface area (Å²) in [5.74, 6) is -1.12. The Hall–Kier alpha value is -3.59. The van der Waals surface area contributed by atoms with Gasteiger partial charge in [-0.1, -0.05) is 30.3 Å². The number of methoxy groups -OCH3 is 1. The number of imide groups is 1. The molecule has 1 fully saturated rings. The molecule has 2 aromatic rings. The van der Waals surface area contributed by atoms with E-state index in [9.17, 15) is 19.2 Å². The van der Waals surface area contributed by atoms with Crippen LogP contribution in [0.2, 0.25) is 0 Å². The van der Waals surface area contributed by atoms with Crippen molar-refractivity contribution in [1.29, 1.82) is 0 Å². The number of carbonyl (C=O) groups is 4. The fourth-order valence-electron chi connectivity index (χ4n) is 2.54. The average Bonchev–Trinajstić information content (AvgIpc) is 3.00. The van der Waals surface area contributed by atoms with Gasteiger partial charge in [-0.15, -0.1) is 0 Å². The van der Waals surface area contributed by atoms with Gasteiger partial charge in [-0.05, 0) is 47.7 Å². The van der Waals surface area contributed by atoms with E-state index in [2.05, 4.69) is 10.1 Å². The zero-order valence-corrected chi connectivity index (χ0v) is 16.8. The molecule has 30 heavy (non-hydrogen) atoms. The number of nitrogens with one attached hydrogen (secondary N) is 1. The van der Waals surface area contributed by atoms with Crippen LogP contribution < -0.4 is 10.1 Å². The van der Waals surface area contributed by atoms with Crippen molar-refractivity contribution in [2.75, 3.05) is 25.6 Å². The van der Waals surface area contributed by atoms with E-state index in [1.807, 2.05) is 18.2 Å². The Morgan fingerprint density at radius 3 is 2.60 bits per heavy atom. The minimum atomic E-state index is -0.678. The Balaban J connectivity index is 1.62. The SMILES string of the molecule is COC(=O)CN1C(=O)S/C(=C\c2cccc(OCC(=O)Nc3ccccc3)c2)C1=O. The molecule has 1 N–H and O–H groups in total. The van der Waals surface area contributed by atoms with E-state index in [0.717, 1.165) is 16.7 Å². The van der Waals surface area contributed by atoms with Crippen LogP contribution in [0, 0.1) is 0 Å². The summed E-state index contributed by atoms with van der Waals surface area (Å²) < 4.78 is 10.0. The number of benzene rings is 2. The molecule has 3 rings (SSSR count). The number of hydrogen-bond acceptors (Lipinski definition) is 7. The summed E-state index contributed by atoms with van der Waals surface area (Å²) in [4.78, 5) is 48.7. The molecule has 0 radical (unpaired) electrons. The summed E-state index contributed by atoms with van der Waals surface area (Å²) in [5, 5.41) is 2.18. The zero-order chi connectivity index (χ0) is 21.5. The van der Waals surface area contributed by atoms with E-state index in [1.165, 1.54) is 13.2 Å². The van der Waals surface area contributed by atoms with Crippen LogP contribution in [0.4, 0.5) is 10.5 Å². The normalized spacial score (nSPS) is 14.7. The zero-order valence-electron chi connectivity index (χ0n) is 16.0. The molecule has 0 atom stereocenters. The van der Waals surface area contributed by atoms with E-state index < -0.39 is 23.7 Å². The predicted octanol–water partition coefficient (Wildman–Crippen LogP) is 2.91. The molecule has 0 spiro atoms. The summed E-state index contributed by atoms with van der Waals surface area (Å²) >= 11 is 0.740. The Morgan fingerprint density at radius 2 is 1.87 bits per heavy atom. The van der Waals surface area contributed by atoms with E-state index in [0.29, 0.717) is 17.0 Å². The number of hydrogen-bond donors (Lipinski definition) is 1. The van der Waals surface area contributed by atoms with Crippen molar-refractivity contribution >= 4 is 46.5 Å². The Kier molecular flexibility index (Phi) is 6.87. The highest BCUT2D eigenvalue weighted by Gasteiger charge is 2.36. The maximum atomic E-state index is 12.4. The first-order valence-electron chi connectivity index (χ1n) is 8.86. The van der Waals surface area contributed by atoms with Gasteiger partial charge in [0, 0.05) is 5.69 Å². The lowest BCUT2D eigenvalue weighted by Crippen LogP contribution is -2.34. The van der Waals surface area contributed by atoms with Gasteiger partial charge in [0.05, 0.1) is 12.0 Å². The van der Waals surface area contributed by atoms with Gasteiger partial charge in [0.15, 0.2) is 6.61 Å². The fraction of sp³-hybridized carbons (Fsp3) is 0.143. The van der Waals surface area contributed by atoms with Gasteiger partial charge in [-0.3, -0.25) is 24.1 Å². The van der Waals surface area contributed by atoms with E-state index in [4.69, 9.17) is 4.74 Å². The standard InChI is InChI=1S/C21H18N2O6S/c1-28-19(25)12-23-20(26)17(30-21(23)27)11-14-6-5-9-16(10-14)29-13-18(24)22-15-7-3-2-4-8-15/h2-11H,12-13H2,1H3,(H,22,24)/b17-11-. The Labute approximate surface area is 176 Å². The summed E-state index contributed by atoms with van der Waals surface area (Å²) in [7, 11) is 1.18. The van der Waals surface area contributed by atoms with Gasteiger partial charge in [0.25, 0.3) is 17.1 Å². The molecule has 8 nitrogen and oxygen atoms in total. The molecule has 1 saturated heterocycles. The molecule has 3 amide bonds. The van der Waals surface area contributed by atoms with Crippen molar-refractivity contribution in [2.24, 2.45) is 0 Å². The monoisotopic (exact) mass is 426 g/mol. The lowest BCUT2D eigenvalue weighted by Gasteiger charge is -2.10. The van der Waals surface area contributed by atoms with Crippen LogP contribution in [-0.4, -0.2) is 48.2 Å². The third-order valence-corrected chi connectivity index (χ3v) is 4.88. The van der Waals surface area contributed by atoms with Gasteiger partial charge < -0.3 is 14.8 Å². The van der Waals surface area contributed by atoms with Crippen LogP contribution in [0.1, 0.15) is 5.56 Å². The highest BCUT2D eigenvalue weighted by Crippen LogP contribution is 2.32. The van der Waals surface area contributed by atoms with Crippen molar-refractivity contribution in [2.45, 2.75) is 0 Å². The van der Waals surface area contributed by atoms with E-state index >= 15 is 0 Å². The second-order valence-corrected chi connectivity index (χ2v) is 7.11. The summed E-state index contributed by atoms with van der Waals surface area (Å²) in [6, 6.07) is 15.8. The molecule has 1 aliphatic heterocycles. The average molecular weight is 426 g/mol. The number of anilines is 1. The van der Waals surface area contributed by atoms with Crippen molar-refractivity contribution in [3.05, 3.63) is 65.1 Å². The topological polar surface area (TPSA) is 102 Å². The van der Waals surface area contributed by atoms with Gasteiger partial charge in [-0.2, -0.15) is 0 Å². The number of thioether (sulfide) groups is 1. The minimum Gasteiger partial charge on any atom is -0.484 e. The van der Waals surface area contributed by atoms with Crippen molar-refractivity contribution in [1.82, 2.24) is 4.90 Å². The third-order valence-electron chi connectivity index (χ3n) is 3.97. The molecule has 0 aliphatic carbocycles. The molecule has 9 heteroatoms. The predicted molar refractivity (Wildman–Crippen MR) is 112 cm³/mol. The van der Waals surface area contributed by atoms with Crippen LogP contribution in [0.3, 0.4) is 0 Å². The lowest BCUT2D eigenvalue weighted by molar-refractivity contribution is -0.143. The van der Waals surface area contributed by atoms with Crippen LogP contribution in [-0.2, 0) is 19.1 Å². The number of ether oxygens (including phenoxy) is 2. The maximum Gasteiger partial charge on any atom is 0.325 e. The molecule has 1 heterocycles. The largest absolute Gasteiger partial charge is 0.484 e. The van der Waals surface area contributed by atoms with E-state index in [1.54, 1.807) is 36.4 Å². The quantitative estimate of drug-likeness (QED) is 0.536. The number of esters is 1. The van der Waals surface area contributed by atoms with Crippen LogP contribution in [0.15, 0.2) is 59.5 Å². The molecule has 1 aliphatic rings. The number of para-hydroxylation sites is 1. The smallest absolute Gasteiger partial charge is 0.325 e. The Morgan fingerprint density at radius 1 is 1.10 bits per heavy atom.